The second-order valence-corrected chi connectivity index (χ2v) is 15.9. The highest BCUT2D eigenvalue weighted by Gasteiger charge is 2.64. The molecule has 0 fully saturated rings. The van der Waals surface area contributed by atoms with Crippen LogP contribution in [0, 0.1) is 5.92 Å². The molecule has 0 aliphatic rings. The number of halogens is 14. The summed E-state index contributed by atoms with van der Waals surface area (Å²) >= 11 is 86.5. The molecule has 0 saturated carbocycles. The van der Waals surface area contributed by atoms with Crippen LogP contribution in [0.4, 0.5) is 0 Å². The number of alkyl halides is 14. The third kappa shape index (κ3) is 5.59. The number of benzene rings is 1. The molecule has 1 aromatic rings. The van der Waals surface area contributed by atoms with E-state index in [9.17, 15) is 0 Å². The summed E-state index contributed by atoms with van der Waals surface area (Å²) in [6.07, 6.45) is 0. The van der Waals surface area contributed by atoms with Crippen molar-refractivity contribution in [1.29, 1.82) is 0 Å². The van der Waals surface area contributed by atoms with E-state index >= 15 is 0 Å². The first kappa shape index (κ1) is 30.3. The van der Waals surface area contributed by atoms with Crippen molar-refractivity contribution in [2.24, 2.45) is 0 Å². The Hall–Kier alpha value is 3.28. The van der Waals surface area contributed by atoms with Gasteiger partial charge in [-0.25, -0.2) is 0 Å². The summed E-state index contributed by atoms with van der Waals surface area (Å²) in [5.74, 6) is 0.592. The standard InChI is InChI=1S/C15H9Cl14/c1-6(2)9-7(10(16,17)12(20,21)14(24,25)26)4-3-5-8(9)11(18,19)13(22,23)15(27,28)29/h3-5H,1-2H3. The van der Waals surface area contributed by atoms with E-state index in [0.29, 0.717) is 5.92 Å². The Kier molecular flexibility index (Phi) is 10.2. The van der Waals surface area contributed by atoms with Crippen LogP contribution in [0.1, 0.15) is 30.5 Å². The molecule has 0 saturated heterocycles. The second kappa shape index (κ2) is 9.73. The van der Waals surface area contributed by atoms with Crippen molar-refractivity contribution >= 4 is 162 Å². The summed E-state index contributed by atoms with van der Waals surface area (Å²) in [6, 6.07) is 4.43. The monoisotopic (exact) mass is 679 g/mol. The molecule has 0 spiro atoms. The van der Waals surface area contributed by atoms with Crippen LogP contribution in [0.15, 0.2) is 18.2 Å². The Labute approximate surface area is 239 Å². The molecule has 0 aliphatic carbocycles. The van der Waals surface area contributed by atoms with Gasteiger partial charge in [-0.2, -0.15) is 0 Å². The van der Waals surface area contributed by atoms with E-state index < -0.39 is 24.9 Å². The predicted octanol–water partition coefficient (Wildman–Crippen LogP) is 11.0. The maximum absolute atomic E-state index is 6.52. The van der Waals surface area contributed by atoms with Gasteiger partial charge in [0.1, 0.15) is 0 Å². The Balaban J connectivity index is 3.93. The topological polar surface area (TPSA) is 0 Å². The molecule has 14 heteroatoms. The molecule has 0 nitrogen and oxygen atoms in total. The van der Waals surface area contributed by atoms with Crippen LogP contribution >= 0.6 is 162 Å². The van der Waals surface area contributed by atoms with Crippen LogP contribution < -0.4 is 0 Å². The zero-order valence-electron chi connectivity index (χ0n) is 14.0. The Morgan fingerprint density at radius 2 is 0.828 bits per heavy atom. The van der Waals surface area contributed by atoms with Crippen LogP contribution in [0.5, 0.6) is 0 Å². The Bertz CT molecular complexity index is 682. The lowest BCUT2D eigenvalue weighted by atomic mass is 9.87. The fourth-order valence-corrected chi connectivity index (χ4v) is 5.34. The first-order valence-electron chi connectivity index (χ1n) is 7.14. The van der Waals surface area contributed by atoms with Crippen LogP contribution in [0.3, 0.4) is 0 Å². The van der Waals surface area contributed by atoms with Gasteiger partial charge in [0.15, 0.2) is 8.67 Å². The second-order valence-electron chi connectivity index (χ2n) is 6.02. The first-order valence-corrected chi connectivity index (χ1v) is 12.4. The van der Waals surface area contributed by atoms with Gasteiger partial charge < -0.3 is 0 Å². The third-order valence-electron chi connectivity index (χ3n) is 3.74. The summed E-state index contributed by atoms with van der Waals surface area (Å²) < 4.78 is -13.6. The van der Waals surface area contributed by atoms with E-state index in [1.165, 1.54) is 18.2 Å². The van der Waals surface area contributed by atoms with E-state index in [-0.39, 0.29) is 16.7 Å². The van der Waals surface area contributed by atoms with Gasteiger partial charge in [0.2, 0.25) is 16.3 Å². The molecular weight excluding hydrogens is 677 g/mol. The predicted molar refractivity (Wildman–Crippen MR) is 136 cm³/mol. The summed E-state index contributed by atoms with van der Waals surface area (Å²) in [5.41, 5.74) is 0.449. The molecular formula is C15H9Cl14. The minimum atomic E-state index is -2.33. The molecule has 0 bridgehead atoms. The average Bonchev–Trinajstić information content (AvgIpc) is 2.51. The molecule has 0 aromatic heterocycles. The quantitative estimate of drug-likeness (QED) is 0.271. The molecule has 1 aromatic carbocycles. The lowest BCUT2D eigenvalue weighted by Gasteiger charge is -2.42. The van der Waals surface area contributed by atoms with E-state index in [0.717, 1.165) is 0 Å². The molecule has 29 heavy (non-hydrogen) atoms. The van der Waals surface area contributed by atoms with Crippen molar-refractivity contribution in [3.05, 3.63) is 40.8 Å². The molecule has 0 N–H and O–H groups in total. The molecule has 1 radical (unpaired) electrons. The highest BCUT2D eigenvalue weighted by Crippen LogP contribution is 2.64. The third-order valence-corrected chi connectivity index (χ3v) is 11.6. The van der Waals surface area contributed by atoms with E-state index in [1.54, 1.807) is 13.8 Å². The Morgan fingerprint density at radius 3 is 1.03 bits per heavy atom. The normalized spacial score (nSPS) is 15.2. The van der Waals surface area contributed by atoms with Crippen LogP contribution in [0.25, 0.3) is 0 Å². The van der Waals surface area contributed by atoms with Crippen LogP contribution in [-0.4, -0.2) is 16.3 Å². The minimum Gasteiger partial charge on any atom is -0.0930 e. The highest BCUT2D eigenvalue weighted by molar-refractivity contribution is 6.79. The van der Waals surface area contributed by atoms with Crippen molar-refractivity contribution in [2.45, 2.75) is 38.8 Å². The van der Waals surface area contributed by atoms with Gasteiger partial charge in [-0.15, -0.1) is 0 Å². The molecule has 0 aliphatic heterocycles. The van der Waals surface area contributed by atoms with Crippen LogP contribution in [-0.2, 0) is 8.67 Å². The number of hydrogen-bond donors (Lipinski definition) is 0. The fraction of sp³-hybridized carbons (Fsp3) is 0.533. The van der Waals surface area contributed by atoms with E-state index in [4.69, 9.17) is 162 Å². The summed E-state index contributed by atoms with van der Waals surface area (Å²) in [6.45, 7) is 3.38. The van der Waals surface area contributed by atoms with Crippen molar-refractivity contribution in [2.75, 3.05) is 0 Å². The molecule has 167 valence electrons. The minimum absolute atomic E-state index is 0.0915. The van der Waals surface area contributed by atoms with Gasteiger partial charge in [0.05, 0.1) is 0 Å². The van der Waals surface area contributed by atoms with Gasteiger partial charge in [-0.3, -0.25) is 0 Å². The van der Waals surface area contributed by atoms with Gasteiger partial charge >= 0.3 is 0 Å². The first-order chi connectivity index (χ1) is 12.5. The number of hydrogen-bond acceptors (Lipinski definition) is 0. The molecule has 0 unspecified atom stereocenters. The van der Waals surface area contributed by atoms with E-state index in [1.807, 2.05) is 0 Å². The van der Waals surface area contributed by atoms with Crippen molar-refractivity contribution in [1.82, 2.24) is 0 Å². The van der Waals surface area contributed by atoms with Crippen molar-refractivity contribution in [3.8, 4) is 0 Å². The van der Waals surface area contributed by atoms with Gasteiger partial charge in [-0.1, -0.05) is 194 Å². The SMILES string of the molecule is C[C](C)c1c(C(Cl)(Cl)C(Cl)(Cl)C(Cl)(Cl)Cl)cccc1C(Cl)(Cl)C(Cl)(Cl)C(Cl)(Cl)Cl. The zero-order chi connectivity index (χ0) is 23.4. The number of rotatable bonds is 5. The lowest BCUT2D eigenvalue weighted by molar-refractivity contribution is 0.671. The van der Waals surface area contributed by atoms with Gasteiger partial charge in [0, 0.05) is 0 Å². The average molecular weight is 686 g/mol. The van der Waals surface area contributed by atoms with Crippen LogP contribution in [0.2, 0.25) is 0 Å². The van der Waals surface area contributed by atoms with Gasteiger partial charge in [-0.05, 0) is 22.6 Å². The van der Waals surface area contributed by atoms with Crippen molar-refractivity contribution < 1.29 is 0 Å². The summed E-state index contributed by atoms with van der Waals surface area (Å²) in [5, 5.41) is 0. The lowest BCUT2D eigenvalue weighted by Crippen LogP contribution is -2.47. The zero-order valence-corrected chi connectivity index (χ0v) is 24.6. The molecule has 0 heterocycles. The maximum Gasteiger partial charge on any atom is 0.226 e. The molecule has 0 amide bonds. The molecule has 1 rings (SSSR count). The van der Waals surface area contributed by atoms with E-state index in [2.05, 4.69) is 0 Å². The summed E-state index contributed by atoms with van der Waals surface area (Å²) in [7, 11) is 0. The van der Waals surface area contributed by atoms with Gasteiger partial charge in [0.25, 0.3) is 0 Å². The largest absolute Gasteiger partial charge is 0.226 e. The summed E-state index contributed by atoms with van der Waals surface area (Å²) in [4.78, 5) is 0. The Morgan fingerprint density at radius 1 is 0.552 bits per heavy atom. The maximum atomic E-state index is 6.52. The molecule has 0 atom stereocenters. The highest BCUT2D eigenvalue weighted by atomic mass is 35.6. The van der Waals surface area contributed by atoms with Crippen molar-refractivity contribution in [3.63, 3.8) is 0 Å². The smallest absolute Gasteiger partial charge is 0.0930 e. The fourth-order valence-electron chi connectivity index (χ4n) is 2.31.